The average Bonchev–Trinajstić information content (AvgIpc) is 2.63. The second-order valence-electron chi connectivity index (χ2n) is 4.07. The van der Waals surface area contributed by atoms with Gasteiger partial charge in [0.15, 0.2) is 0 Å². The zero-order chi connectivity index (χ0) is 12.3. The molecule has 0 aromatic carbocycles. The van der Waals surface area contributed by atoms with Crippen LogP contribution in [0.4, 0.5) is 0 Å². The Morgan fingerprint density at radius 3 is 2.56 bits per heavy atom. The molecule has 0 fully saturated rings. The van der Waals surface area contributed by atoms with Gasteiger partial charge in [0.2, 0.25) is 10.0 Å². The summed E-state index contributed by atoms with van der Waals surface area (Å²) in [4.78, 5) is 1.41. The number of thiophene rings is 1. The van der Waals surface area contributed by atoms with Gasteiger partial charge in [-0.3, -0.25) is 0 Å². The minimum atomic E-state index is -3.28. The fourth-order valence-electron chi connectivity index (χ4n) is 1.10. The van der Waals surface area contributed by atoms with Crippen molar-refractivity contribution < 1.29 is 8.42 Å². The second kappa shape index (κ2) is 5.27. The van der Waals surface area contributed by atoms with Gasteiger partial charge in [0.25, 0.3) is 0 Å². The van der Waals surface area contributed by atoms with Crippen LogP contribution in [0.3, 0.4) is 0 Å². The first-order valence-corrected chi connectivity index (χ1v) is 7.39. The summed E-state index contributed by atoms with van der Waals surface area (Å²) in [7, 11) is -0.197. The zero-order valence-electron chi connectivity index (χ0n) is 10.0. The molecule has 1 heterocycles. The van der Waals surface area contributed by atoms with Gasteiger partial charge in [-0.2, -0.15) is 0 Å². The van der Waals surface area contributed by atoms with Crippen LogP contribution in [0.2, 0.25) is 0 Å². The van der Waals surface area contributed by atoms with Gasteiger partial charge in [-0.1, -0.05) is 13.8 Å². The fourth-order valence-corrected chi connectivity index (χ4v) is 3.22. The number of hydrogen-bond acceptors (Lipinski definition) is 4. The summed E-state index contributed by atoms with van der Waals surface area (Å²) in [6, 6.07) is 2.13. The Labute approximate surface area is 101 Å². The van der Waals surface area contributed by atoms with E-state index >= 15 is 0 Å². The van der Waals surface area contributed by atoms with E-state index in [4.69, 9.17) is 0 Å². The topological polar surface area (TPSA) is 49.4 Å². The van der Waals surface area contributed by atoms with Crippen LogP contribution in [0.15, 0.2) is 16.3 Å². The van der Waals surface area contributed by atoms with Crippen molar-refractivity contribution in [3.8, 4) is 0 Å². The summed E-state index contributed by atoms with van der Waals surface area (Å²) in [6.45, 7) is 4.83. The summed E-state index contributed by atoms with van der Waals surface area (Å²) < 4.78 is 24.8. The molecular weight excluding hydrogens is 244 g/mol. The van der Waals surface area contributed by atoms with Crippen LogP contribution in [-0.2, 0) is 16.6 Å². The van der Waals surface area contributed by atoms with Crippen molar-refractivity contribution in [1.82, 2.24) is 9.62 Å². The van der Waals surface area contributed by atoms with E-state index in [1.807, 2.05) is 0 Å². The van der Waals surface area contributed by atoms with Crippen LogP contribution in [0, 0.1) is 0 Å². The quantitative estimate of drug-likeness (QED) is 0.875. The van der Waals surface area contributed by atoms with Crippen LogP contribution < -0.4 is 5.32 Å². The Hall–Kier alpha value is -0.430. The van der Waals surface area contributed by atoms with E-state index in [0.29, 0.717) is 17.5 Å². The van der Waals surface area contributed by atoms with Crippen molar-refractivity contribution >= 4 is 21.4 Å². The van der Waals surface area contributed by atoms with Crippen molar-refractivity contribution in [2.75, 3.05) is 14.1 Å². The van der Waals surface area contributed by atoms with Gasteiger partial charge in [-0.25, -0.2) is 12.7 Å². The summed E-state index contributed by atoms with van der Waals surface area (Å²) in [5.41, 5.74) is 0. The number of hydrogen-bond donors (Lipinski definition) is 1. The van der Waals surface area contributed by atoms with Crippen LogP contribution in [-0.4, -0.2) is 32.9 Å². The van der Waals surface area contributed by atoms with E-state index in [1.54, 1.807) is 25.5 Å². The molecule has 16 heavy (non-hydrogen) atoms. The van der Waals surface area contributed by atoms with E-state index < -0.39 is 10.0 Å². The molecule has 92 valence electrons. The Morgan fingerprint density at radius 2 is 2.06 bits per heavy atom. The van der Waals surface area contributed by atoms with E-state index in [2.05, 4.69) is 19.2 Å². The van der Waals surface area contributed by atoms with Gasteiger partial charge in [-0.15, -0.1) is 11.3 Å². The molecule has 0 saturated heterocycles. The SMILES string of the molecule is CC(C)NCc1cc(S(=O)(=O)N(C)C)cs1. The highest BCUT2D eigenvalue weighted by molar-refractivity contribution is 7.89. The molecule has 1 aromatic heterocycles. The summed E-state index contributed by atoms with van der Waals surface area (Å²) in [5, 5.41) is 4.94. The molecule has 0 aliphatic heterocycles. The molecule has 0 aliphatic carbocycles. The van der Waals surface area contributed by atoms with Gasteiger partial charge in [0, 0.05) is 36.9 Å². The molecule has 0 radical (unpaired) electrons. The minimum Gasteiger partial charge on any atom is -0.310 e. The second-order valence-corrected chi connectivity index (χ2v) is 7.22. The van der Waals surface area contributed by atoms with Crippen LogP contribution in [0.1, 0.15) is 18.7 Å². The van der Waals surface area contributed by atoms with Gasteiger partial charge in [-0.05, 0) is 6.07 Å². The monoisotopic (exact) mass is 262 g/mol. The number of nitrogens with one attached hydrogen (secondary N) is 1. The predicted molar refractivity (Wildman–Crippen MR) is 67.2 cm³/mol. The molecule has 0 saturated carbocycles. The first-order chi connectivity index (χ1) is 7.34. The maximum Gasteiger partial charge on any atom is 0.243 e. The third-order valence-corrected chi connectivity index (χ3v) is 4.97. The third-order valence-electron chi connectivity index (χ3n) is 2.09. The maximum atomic E-state index is 11.8. The van der Waals surface area contributed by atoms with E-state index in [0.717, 1.165) is 4.88 Å². The lowest BCUT2D eigenvalue weighted by Crippen LogP contribution is -2.22. The fraction of sp³-hybridized carbons (Fsp3) is 0.600. The Balaban J connectivity index is 2.80. The van der Waals surface area contributed by atoms with Gasteiger partial charge in [0.05, 0.1) is 4.90 Å². The van der Waals surface area contributed by atoms with Crippen LogP contribution in [0.5, 0.6) is 0 Å². The van der Waals surface area contributed by atoms with Crippen molar-refractivity contribution in [3.05, 3.63) is 16.3 Å². The molecule has 4 nitrogen and oxygen atoms in total. The number of nitrogens with zero attached hydrogens (tertiary/aromatic N) is 1. The summed E-state index contributed by atoms with van der Waals surface area (Å²) >= 11 is 1.47. The molecule has 0 unspecified atom stereocenters. The minimum absolute atomic E-state index is 0.378. The van der Waals surface area contributed by atoms with Gasteiger partial charge in [0.1, 0.15) is 0 Å². The lowest BCUT2D eigenvalue weighted by Gasteiger charge is -2.09. The molecule has 1 N–H and O–H groups in total. The smallest absolute Gasteiger partial charge is 0.243 e. The summed E-state index contributed by atoms with van der Waals surface area (Å²) in [6.07, 6.45) is 0. The lowest BCUT2D eigenvalue weighted by atomic mass is 10.4. The average molecular weight is 262 g/mol. The summed E-state index contributed by atoms with van der Waals surface area (Å²) in [5.74, 6) is 0. The van der Waals surface area contributed by atoms with Crippen molar-refractivity contribution in [1.29, 1.82) is 0 Å². The third kappa shape index (κ3) is 3.28. The van der Waals surface area contributed by atoms with Gasteiger partial charge < -0.3 is 5.32 Å². The molecule has 0 aliphatic rings. The number of rotatable bonds is 5. The maximum absolute atomic E-state index is 11.8. The molecule has 6 heteroatoms. The first-order valence-electron chi connectivity index (χ1n) is 5.07. The van der Waals surface area contributed by atoms with E-state index in [-0.39, 0.29) is 0 Å². The molecule has 0 atom stereocenters. The first kappa shape index (κ1) is 13.6. The predicted octanol–water partition coefficient (Wildman–Crippen LogP) is 1.50. The van der Waals surface area contributed by atoms with Crippen molar-refractivity contribution in [2.45, 2.75) is 31.3 Å². The molecule has 1 rings (SSSR count). The molecule has 0 bridgehead atoms. The van der Waals surface area contributed by atoms with Crippen molar-refractivity contribution in [3.63, 3.8) is 0 Å². The van der Waals surface area contributed by atoms with Crippen LogP contribution >= 0.6 is 11.3 Å². The molecule has 1 aromatic rings. The van der Waals surface area contributed by atoms with E-state index in [9.17, 15) is 8.42 Å². The highest BCUT2D eigenvalue weighted by Gasteiger charge is 2.18. The Bertz CT molecular complexity index is 435. The largest absolute Gasteiger partial charge is 0.310 e. The molecule has 0 amide bonds. The molecular formula is C10H18N2O2S2. The Kier molecular flexibility index (Phi) is 4.49. The Morgan fingerprint density at radius 1 is 1.44 bits per heavy atom. The highest BCUT2D eigenvalue weighted by Crippen LogP contribution is 2.21. The lowest BCUT2D eigenvalue weighted by molar-refractivity contribution is 0.521. The number of sulfonamides is 1. The van der Waals surface area contributed by atoms with Crippen LogP contribution in [0.25, 0.3) is 0 Å². The highest BCUT2D eigenvalue weighted by atomic mass is 32.2. The van der Waals surface area contributed by atoms with E-state index in [1.165, 1.54) is 15.6 Å². The van der Waals surface area contributed by atoms with Gasteiger partial charge >= 0.3 is 0 Å². The zero-order valence-corrected chi connectivity index (χ0v) is 11.7. The standard InChI is InChI=1S/C10H18N2O2S2/c1-8(2)11-6-9-5-10(7-15-9)16(13,14)12(3)4/h5,7-8,11H,6H2,1-4H3. The molecule has 0 spiro atoms. The normalized spacial score (nSPS) is 12.6. The van der Waals surface area contributed by atoms with Crippen molar-refractivity contribution in [2.24, 2.45) is 0 Å².